The second kappa shape index (κ2) is 5.06. The van der Waals surface area contributed by atoms with Crippen LogP contribution in [0.2, 0.25) is 0 Å². The highest BCUT2D eigenvalue weighted by molar-refractivity contribution is 5.96. The molecule has 1 aromatic carbocycles. The highest BCUT2D eigenvalue weighted by atomic mass is 16.2. The Bertz CT molecular complexity index is 659. The smallest absolute Gasteiger partial charge is 0.322 e. The number of aromatic amines is 1. The summed E-state index contributed by atoms with van der Waals surface area (Å²) in [4.78, 5) is 21.6. The van der Waals surface area contributed by atoms with E-state index in [0.29, 0.717) is 5.92 Å². The van der Waals surface area contributed by atoms with Crippen LogP contribution in [0.5, 0.6) is 0 Å². The van der Waals surface area contributed by atoms with Crippen LogP contribution >= 0.6 is 0 Å². The van der Waals surface area contributed by atoms with Crippen LogP contribution in [0.25, 0.3) is 11.0 Å². The van der Waals surface area contributed by atoms with Gasteiger partial charge in [0.1, 0.15) is 0 Å². The fourth-order valence-corrected chi connectivity index (χ4v) is 3.80. The van der Waals surface area contributed by atoms with Crippen molar-refractivity contribution in [3.8, 4) is 0 Å². The van der Waals surface area contributed by atoms with E-state index in [1.165, 1.54) is 32.1 Å². The predicted molar refractivity (Wildman–Crippen MR) is 82.3 cm³/mol. The molecule has 21 heavy (non-hydrogen) atoms. The lowest BCUT2D eigenvalue weighted by Crippen LogP contribution is -2.40. The fraction of sp³-hybridized carbons (Fsp3) is 0.500. The number of fused-ring (bicyclic) bond motifs is 1. The first kappa shape index (κ1) is 12.7. The summed E-state index contributed by atoms with van der Waals surface area (Å²) in [6, 6.07) is 6.33. The van der Waals surface area contributed by atoms with Crippen LogP contribution in [0.1, 0.15) is 32.1 Å². The van der Waals surface area contributed by atoms with Crippen molar-refractivity contribution in [1.82, 2.24) is 15.3 Å². The van der Waals surface area contributed by atoms with Crippen molar-refractivity contribution < 1.29 is 4.79 Å². The maximum absolute atomic E-state index is 12.3. The molecule has 0 spiro atoms. The van der Waals surface area contributed by atoms with E-state index in [9.17, 15) is 4.79 Å². The number of carbonyl (C=O) groups is 1. The molecule has 2 amide bonds. The lowest BCUT2D eigenvalue weighted by Gasteiger charge is -2.32. The van der Waals surface area contributed by atoms with Gasteiger partial charge >= 0.3 is 6.03 Å². The Hall–Kier alpha value is -2.04. The first-order valence-corrected chi connectivity index (χ1v) is 7.83. The van der Waals surface area contributed by atoms with E-state index in [4.69, 9.17) is 0 Å². The van der Waals surface area contributed by atoms with Crippen LogP contribution < -0.4 is 10.2 Å². The molecule has 5 heteroatoms. The maximum atomic E-state index is 12.3. The average molecular weight is 284 g/mol. The average Bonchev–Trinajstić information content (AvgIpc) is 3.13. The highest BCUT2D eigenvalue weighted by Gasteiger charge is 2.37. The monoisotopic (exact) mass is 284 g/mol. The summed E-state index contributed by atoms with van der Waals surface area (Å²) in [5, 5.41) is 3.02. The molecule has 1 unspecified atom stereocenters. The van der Waals surface area contributed by atoms with Gasteiger partial charge in [-0.25, -0.2) is 9.78 Å². The van der Waals surface area contributed by atoms with Gasteiger partial charge < -0.3 is 10.3 Å². The van der Waals surface area contributed by atoms with Crippen molar-refractivity contribution in [3.63, 3.8) is 0 Å². The number of aromatic nitrogens is 2. The molecule has 1 saturated heterocycles. The summed E-state index contributed by atoms with van der Waals surface area (Å²) in [6.45, 7) is 0.768. The summed E-state index contributed by atoms with van der Waals surface area (Å²) < 4.78 is 0. The van der Waals surface area contributed by atoms with Gasteiger partial charge in [0, 0.05) is 12.2 Å². The second-order valence-corrected chi connectivity index (χ2v) is 6.13. The predicted octanol–water partition coefficient (Wildman–Crippen LogP) is 3.04. The number of rotatable bonds is 2. The Labute approximate surface area is 123 Å². The number of carbonyl (C=O) groups excluding carboxylic acids is 1. The normalized spacial score (nSPS) is 23.7. The number of hydrogen-bond acceptors (Lipinski definition) is 2. The van der Waals surface area contributed by atoms with Crippen LogP contribution in [0, 0.1) is 5.92 Å². The first-order valence-electron chi connectivity index (χ1n) is 7.83. The van der Waals surface area contributed by atoms with Gasteiger partial charge in [-0.05, 0) is 37.0 Å². The topological polar surface area (TPSA) is 61.0 Å². The van der Waals surface area contributed by atoms with E-state index in [-0.39, 0.29) is 12.1 Å². The van der Waals surface area contributed by atoms with Crippen molar-refractivity contribution in [2.75, 3.05) is 11.4 Å². The van der Waals surface area contributed by atoms with E-state index in [2.05, 4.69) is 15.3 Å². The Kier molecular flexibility index (Phi) is 3.05. The second-order valence-electron chi connectivity index (χ2n) is 6.13. The third kappa shape index (κ3) is 2.17. The zero-order valence-corrected chi connectivity index (χ0v) is 12.0. The van der Waals surface area contributed by atoms with Gasteiger partial charge in [0.25, 0.3) is 0 Å². The summed E-state index contributed by atoms with van der Waals surface area (Å²) in [6.07, 6.45) is 8.10. The molecule has 1 aliphatic heterocycles. The summed E-state index contributed by atoms with van der Waals surface area (Å²) in [5.74, 6) is 0.621. The molecule has 4 rings (SSSR count). The van der Waals surface area contributed by atoms with Gasteiger partial charge in [-0.15, -0.1) is 0 Å². The minimum absolute atomic E-state index is 0.0319. The molecule has 5 nitrogen and oxygen atoms in total. The maximum Gasteiger partial charge on any atom is 0.322 e. The number of urea groups is 1. The molecule has 1 atom stereocenters. The Balaban J connectivity index is 1.67. The van der Waals surface area contributed by atoms with Crippen molar-refractivity contribution in [2.24, 2.45) is 5.92 Å². The number of benzene rings is 1. The van der Waals surface area contributed by atoms with Gasteiger partial charge in [-0.1, -0.05) is 19.3 Å². The molecule has 2 fully saturated rings. The Morgan fingerprint density at radius 3 is 2.90 bits per heavy atom. The van der Waals surface area contributed by atoms with Crippen LogP contribution in [0.3, 0.4) is 0 Å². The molecule has 2 aliphatic rings. The molecule has 110 valence electrons. The van der Waals surface area contributed by atoms with Crippen LogP contribution in [0.4, 0.5) is 10.5 Å². The van der Waals surface area contributed by atoms with Crippen LogP contribution in [-0.2, 0) is 0 Å². The van der Waals surface area contributed by atoms with E-state index in [1.54, 1.807) is 6.33 Å². The molecular weight excluding hydrogens is 264 g/mol. The van der Waals surface area contributed by atoms with Gasteiger partial charge in [-0.2, -0.15) is 0 Å². The van der Waals surface area contributed by atoms with E-state index >= 15 is 0 Å². The van der Waals surface area contributed by atoms with E-state index < -0.39 is 0 Å². The number of amides is 2. The van der Waals surface area contributed by atoms with Gasteiger partial charge in [-0.3, -0.25) is 4.90 Å². The van der Waals surface area contributed by atoms with Crippen LogP contribution in [0.15, 0.2) is 24.5 Å². The molecular formula is C16H20N4O. The fourth-order valence-electron chi connectivity index (χ4n) is 3.80. The lowest BCUT2D eigenvalue weighted by molar-refractivity contribution is 0.250. The lowest BCUT2D eigenvalue weighted by atomic mass is 9.83. The largest absolute Gasteiger partial charge is 0.345 e. The minimum Gasteiger partial charge on any atom is -0.345 e. The van der Waals surface area contributed by atoms with Crippen molar-refractivity contribution in [2.45, 2.75) is 38.1 Å². The molecule has 2 N–H and O–H groups in total. The van der Waals surface area contributed by atoms with Crippen LogP contribution in [-0.4, -0.2) is 28.6 Å². The molecule has 0 bridgehead atoms. The molecule has 1 aliphatic carbocycles. The number of nitrogens with one attached hydrogen (secondary N) is 2. The molecule has 2 heterocycles. The van der Waals surface area contributed by atoms with Crippen molar-refractivity contribution in [1.29, 1.82) is 0 Å². The number of hydrogen-bond donors (Lipinski definition) is 2. The number of nitrogens with zero attached hydrogens (tertiary/aromatic N) is 2. The van der Waals surface area contributed by atoms with Gasteiger partial charge in [0.15, 0.2) is 0 Å². The van der Waals surface area contributed by atoms with Gasteiger partial charge in [0.05, 0.1) is 23.4 Å². The first-order chi connectivity index (χ1) is 10.3. The SMILES string of the molecule is O=C1NCC(C2CCCCC2)N1c1ccc2nc[nH]c2c1. The quantitative estimate of drug-likeness (QED) is 0.890. The zero-order chi connectivity index (χ0) is 14.2. The van der Waals surface area contributed by atoms with E-state index in [1.807, 2.05) is 23.1 Å². The van der Waals surface area contributed by atoms with Crippen molar-refractivity contribution >= 4 is 22.8 Å². The molecule has 1 saturated carbocycles. The Morgan fingerprint density at radius 1 is 1.19 bits per heavy atom. The number of imidazole rings is 1. The highest BCUT2D eigenvalue weighted by Crippen LogP contribution is 2.33. The zero-order valence-electron chi connectivity index (χ0n) is 12.0. The summed E-state index contributed by atoms with van der Waals surface area (Å²) in [7, 11) is 0. The number of H-pyrrole nitrogens is 1. The molecule has 1 aromatic heterocycles. The molecule has 0 radical (unpaired) electrons. The third-order valence-electron chi connectivity index (χ3n) is 4.89. The standard InChI is InChI=1S/C16H20N4O/c21-16-17-9-15(11-4-2-1-3-5-11)20(16)12-6-7-13-14(8-12)19-10-18-13/h6-8,10-11,15H,1-5,9H2,(H,17,21)(H,18,19). The summed E-state index contributed by atoms with van der Waals surface area (Å²) >= 11 is 0. The number of anilines is 1. The van der Waals surface area contributed by atoms with Gasteiger partial charge in [0.2, 0.25) is 0 Å². The Morgan fingerprint density at radius 2 is 2.05 bits per heavy atom. The van der Waals surface area contributed by atoms with E-state index in [0.717, 1.165) is 23.3 Å². The van der Waals surface area contributed by atoms with Crippen molar-refractivity contribution in [3.05, 3.63) is 24.5 Å². The summed E-state index contributed by atoms with van der Waals surface area (Å²) in [5.41, 5.74) is 2.89. The third-order valence-corrected chi connectivity index (χ3v) is 4.89. The minimum atomic E-state index is 0.0319. The molecule has 2 aromatic rings.